The number of benzene rings is 1. The fourth-order valence-corrected chi connectivity index (χ4v) is 3.18. The van der Waals surface area contributed by atoms with Crippen molar-refractivity contribution >= 4 is 27.2 Å². The topological polar surface area (TPSA) is 85.3 Å². The summed E-state index contributed by atoms with van der Waals surface area (Å²) in [5.74, 6) is 1.27. The summed E-state index contributed by atoms with van der Waals surface area (Å²) in [5, 5.41) is 0. The highest BCUT2D eigenvalue weighted by Gasteiger charge is 2.19. The number of hydrogen-bond acceptors (Lipinski definition) is 4. The van der Waals surface area contributed by atoms with E-state index in [1.165, 1.54) is 6.07 Å². The van der Waals surface area contributed by atoms with Gasteiger partial charge in [-0.15, -0.1) is 0 Å². The number of nitrogens with one attached hydrogen (secondary N) is 1. The molecule has 2 rings (SSSR count). The molecule has 7 heteroatoms. The average molecular weight is 310 g/mol. The molecule has 5 nitrogen and oxygen atoms in total. The van der Waals surface area contributed by atoms with Gasteiger partial charge in [-0.3, -0.25) is 0 Å². The van der Waals surface area contributed by atoms with Crippen LogP contribution in [0.2, 0.25) is 0 Å². The molecule has 3 N–H and O–H groups in total. The van der Waals surface area contributed by atoms with E-state index in [0.29, 0.717) is 11.3 Å². The summed E-state index contributed by atoms with van der Waals surface area (Å²) in [6.45, 7) is 1.86. The Labute approximate surface area is 122 Å². The molecule has 2 aromatic rings. The Morgan fingerprint density at radius 2 is 2.00 bits per heavy atom. The van der Waals surface area contributed by atoms with E-state index in [2.05, 4.69) is 4.72 Å². The lowest BCUT2D eigenvalue weighted by atomic mass is 10.2. The second-order valence-electron chi connectivity index (χ2n) is 4.20. The number of nitrogens with two attached hydrogens (primary N) is 1. The quantitative estimate of drug-likeness (QED) is 0.821. The van der Waals surface area contributed by atoms with E-state index in [0.717, 1.165) is 5.76 Å². The zero-order valence-corrected chi connectivity index (χ0v) is 12.4. The molecule has 0 spiro atoms. The van der Waals surface area contributed by atoms with Crippen LogP contribution in [-0.4, -0.2) is 13.4 Å². The van der Waals surface area contributed by atoms with Gasteiger partial charge in [0.1, 0.15) is 16.5 Å². The molecule has 106 valence electrons. The summed E-state index contributed by atoms with van der Waals surface area (Å²) in [7, 11) is -3.70. The Morgan fingerprint density at radius 1 is 1.30 bits per heavy atom. The molecule has 1 aromatic carbocycles. The van der Waals surface area contributed by atoms with Crippen LogP contribution in [0.3, 0.4) is 0 Å². The van der Waals surface area contributed by atoms with E-state index < -0.39 is 10.0 Å². The number of thiocarbonyl (C=S) groups is 1. The third kappa shape index (κ3) is 3.24. The first kappa shape index (κ1) is 14.7. The molecule has 0 aliphatic rings. The minimum Gasteiger partial charge on any atom is -0.465 e. The minimum absolute atomic E-state index is 0.0415. The van der Waals surface area contributed by atoms with Gasteiger partial charge < -0.3 is 10.2 Å². The van der Waals surface area contributed by atoms with Gasteiger partial charge >= 0.3 is 0 Å². The molecule has 0 unspecified atom stereocenters. The molecular formula is C13H14N2O3S2. The van der Waals surface area contributed by atoms with Crippen molar-refractivity contribution in [2.45, 2.75) is 18.4 Å². The zero-order valence-electron chi connectivity index (χ0n) is 10.8. The van der Waals surface area contributed by atoms with Gasteiger partial charge in [0.15, 0.2) is 0 Å². The first-order valence-corrected chi connectivity index (χ1v) is 7.73. The maximum Gasteiger partial charge on any atom is 0.241 e. The summed E-state index contributed by atoms with van der Waals surface area (Å²) in [6, 6.07) is 9.83. The smallest absolute Gasteiger partial charge is 0.241 e. The predicted octanol–water partition coefficient (Wildman–Crippen LogP) is 1.70. The fraction of sp³-hybridized carbons (Fsp3) is 0.154. The second kappa shape index (κ2) is 5.74. The number of sulfonamides is 1. The summed E-state index contributed by atoms with van der Waals surface area (Å²) in [4.78, 5) is 0.107. The third-order valence-corrected chi connectivity index (χ3v) is 4.35. The van der Waals surface area contributed by atoms with Gasteiger partial charge in [0, 0.05) is 5.56 Å². The molecule has 0 saturated carbocycles. The van der Waals surface area contributed by atoms with Crippen LogP contribution in [0.15, 0.2) is 45.7 Å². The van der Waals surface area contributed by atoms with Gasteiger partial charge in [0.05, 0.1) is 11.4 Å². The Morgan fingerprint density at radius 3 is 2.60 bits per heavy atom. The van der Waals surface area contributed by atoms with Crippen molar-refractivity contribution in [3.05, 3.63) is 53.5 Å². The molecule has 0 atom stereocenters. The fourth-order valence-electron chi connectivity index (χ4n) is 1.73. The van der Waals surface area contributed by atoms with Crippen molar-refractivity contribution < 1.29 is 12.8 Å². The summed E-state index contributed by atoms with van der Waals surface area (Å²) in [5.41, 5.74) is 5.87. The zero-order chi connectivity index (χ0) is 14.8. The van der Waals surface area contributed by atoms with Crippen LogP contribution in [-0.2, 0) is 16.6 Å². The van der Waals surface area contributed by atoms with Gasteiger partial charge in [0.2, 0.25) is 10.0 Å². The standard InChI is InChI=1S/C13H14N2O3S2/c1-9-6-7-10(18-9)8-15-20(16,17)12-5-3-2-4-11(12)13(14)19/h2-7,15H,8H2,1H3,(H2,14,19). The van der Waals surface area contributed by atoms with Gasteiger partial charge in [-0.25, -0.2) is 13.1 Å². The van der Waals surface area contributed by atoms with E-state index in [-0.39, 0.29) is 16.4 Å². The van der Waals surface area contributed by atoms with Crippen molar-refractivity contribution in [2.24, 2.45) is 5.73 Å². The molecule has 20 heavy (non-hydrogen) atoms. The maximum absolute atomic E-state index is 12.3. The largest absolute Gasteiger partial charge is 0.465 e. The first-order valence-electron chi connectivity index (χ1n) is 5.84. The minimum atomic E-state index is -3.70. The molecule has 0 radical (unpaired) electrons. The lowest BCUT2D eigenvalue weighted by Crippen LogP contribution is -2.26. The third-order valence-electron chi connectivity index (χ3n) is 2.67. The van der Waals surface area contributed by atoms with E-state index in [1.54, 1.807) is 37.3 Å². The molecule has 0 amide bonds. The number of furan rings is 1. The van der Waals surface area contributed by atoms with Crippen LogP contribution in [0.4, 0.5) is 0 Å². The van der Waals surface area contributed by atoms with Crippen LogP contribution in [0.25, 0.3) is 0 Å². The summed E-state index contributed by atoms with van der Waals surface area (Å²) < 4.78 is 32.3. The Balaban J connectivity index is 2.25. The van der Waals surface area contributed by atoms with Crippen molar-refractivity contribution in [1.82, 2.24) is 4.72 Å². The van der Waals surface area contributed by atoms with E-state index in [4.69, 9.17) is 22.4 Å². The van der Waals surface area contributed by atoms with Crippen molar-refractivity contribution in [3.8, 4) is 0 Å². The van der Waals surface area contributed by atoms with E-state index in [9.17, 15) is 8.42 Å². The van der Waals surface area contributed by atoms with Crippen LogP contribution >= 0.6 is 12.2 Å². The van der Waals surface area contributed by atoms with Gasteiger partial charge in [-0.05, 0) is 25.1 Å². The first-order chi connectivity index (χ1) is 9.40. The number of aryl methyl sites for hydroxylation is 1. The SMILES string of the molecule is Cc1ccc(CNS(=O)(=O)c2ccccc2C(N)=S)o1. The van der Waals surface area contributed by atoms with Gasteiger partial charge in [-0.1, -0.05) is 30.4 Å². The highest BCUT2D eigenvalue weighted by atomic mass is 32.2. The monoisotopic (exact) mass is 310 g/mol. The molecular weight excluding hydrogens is 296 g/mol. The van der Waals surface area contributed by atoms with Crippen LogP contribution in [0, 0.1) is 6.92 Å². The number of rotatable bonds is 5. The van der Waals surface area contributed by atoms with Gasteiger partial charge in [-0.2, -0.15) is 0 Å². The lowest BCUT2D eigenvalue weighted by molar-refractivity contribution is 0.475. The second-order valence-corrected chi connectivity index (χ2v) is 6.37. The van der Waals surface area contributed by atoms with Gasteiger partial charge in [0.25, 0.3) is 0 Å². The summed E-state index contributed by atoms with van der Waals surface area (Å²) in [6.07, 6.45) is 0. The molecule has 1 heterocycles. The van der Waals surface area contributed by atoms with Crippen molar-refractivity contribution in [2.75, 3.05) is 0 Å². The van der Waals surface area contributed by atoms with Crippen LogP contribution in [0.1, 0.15) is 17.1 Å². The normalized spacial score (nSPS) is 11.4. The van der Waals surface area contributed by atoms with Crippen molar-refractivity contribution in [1.29, 1.82) is 0 Å². The molecule has 0 saturated heterocycles. The lowest BCUT2D eigenvalue weighted by Gasteiger charge is -2.09. The van der Waals surface area contributed by atoms with Crippen LogP contribution < -0.4 is 10.5 Å². The number of hydrogen-bond donors (Lipinski definition) is 2. The highest BCUT2D eigenvalue weighted by Crippen LogP contribution is 2.16. The van der Waals surface area contributed by atoms with E-state index in [1.807, 2.05) is 0 Å². The highest BCUT2D eigenvalue weighted by molar-refractivity contribution is 7.89. The van der Waals surface area contributed by atoms with Crippen molar-refractivity contribution in [3.63, 3.8) is 0 Å². The average Bonchev–Trinajstić information content (AvgIpc) is 2.82. The maximum atomic E-state index is 12.3. The molecule has 0 bridgehead atoms. The molecule has 0 aliphatic heterocycles. The summed E-state index contributed by atoms with van der Waals surface area (Å²) >= 11 is 4.87. The molecule has 1 aromatic heterocycles. The van der Waals surface area contributed by atoms with Crippen LogP contribution in [0.5, 0.6) is 0 Å². The Hall–Kier alpha value is -1.70. The predicted molar refractivity (Wildman–Crippen MR) is 79.8 cm³/mol. The Bertz CT molecular complexity index is 736. The van der Waals surface area contributed by atoms with E-state index >= 15 is 0 Å². The Kier molecular flexibility index (Phi) is 4.22. The molecule has 0 aliphatic carbocycles. The molecule has 0 fully saturated rings.